The van der Waals surface area contributed by atoms with Crippen LogP contribution in [0.4, 0.5) is 5.13 Å². The number of rotatable bonds is 5. The van der Waals surface area contributed by atoms with Gasteiger partial charge in [0, 0.05) is 17.0 Å². The van der Waals surface area contributed by atoms with E-state index >= 15 is 0 Å². The Labute approximate surface area is 113 Å². The van der Waals surface area contributed by atoms with Crippen LogP contribution in [0.3, 0.4) is 0 Å². The SMILES string of the molecule is CCC(NC(=O)Cc1csc(N)n1)c1nccs1. The Hall–Kier alpha value is -1.47. The maximum atomic E-state index is 11.9. The van der Waals surface area contributed by atoms with Gasteiger partial charge in [-0.05, 0) is 6.42 Å². The number of amides is 1. The number of nitrogens with zero attached hydrogens (tertiary/aromatic N) is 2. The lowest BCUT2D eigenvalue weighted by molar-refractivity contribution is -0.121. The molecular weight excluding hydrogens is 268 g/mol. The molecule has 0 saturated carbocycles. The Morgan fingerprint density at radius 3 is 2.94 bits per heavy atom. The molecule has 0 radical (unpaired) electrons. The normalized spacial score (nSPS) is 12.3. The van der Waals surface area contributed by atoms with Crippen LogP contribution in [-0.4, -0.2) is 15.9 Å². The largest absolute Gasteiger partial charge is 0.375 e. The van der Waals surface area contributed by atoms with E-state index < -0.39 is 0 Å². The molecule has 1 atom stereocenters. The minimum Gasteiger partial charge on any atom is -0.375 e. The molecule has 3 N–H and O–H groups in total. The lowest BCUT2D eigenvalue weighted by Crippen LogP contribution is -2.29. The number of thiazole rings is 2. The summed E-state index contributed by atoms with van der Waals surface area (Å²) in [5.74, 6) is -0.0534. The van der Waals surface area contributed by atoms with E-state index in [0.717, 1.165) is 11.4 Å². The molecule has 0 aliphatic heterocycles. The molecule has 1 unspecified atom stereocenters. The Bertz CT molecular complexity index is 509. The Kier molecular flexibility index (Phi) is 4.27. The second-order valence-electron chi connectivity index (χ2n) is 3.75. The van der Waals surface area contributed by atoms with Crippen LogP contribution < -0.4 is 11.1 Å². The molecule has 0 bridgehead atoms. The van der Waals surface area contributed by atoms with Gasteiger partial charge in [-0.1, -0.05) is 6.92 Å². The predicted molar refractivity (Wildman–Crippen MR) is 73.5 cm³/mol. The third-order valence-electron chi connectivity index (χ3n) is 2.40. The van der Waals surface area contributed by atoms with Crippen molar-refractivity contribution in [3.05, 3.63) is 27.7 Å². The number of nitrogens with one attached hydrogen (secondary N) is 1. The quantitative estimate of drug-likeness (QED) is 0.878. The third-order valence-corrected chi connectivity index (χ3v) is 4.02. The molecule has 18 heavy (non-hydrogen) atoms. The van der Waals surface area contributed by atoms with E-state index in [1.54, 1.807) is 22.9 Å². The number of carbonyl (C=O) groups is 1. The van der Waals surface area contributed by atoms with Crippen LogP contribution in [0.5, 0.6) is 0 Å². The zero-order chi connectivity index (χ0) is 13.0. The molecule has 0 aromatic carbocycles. The van der Waals surface area contributed by atoms with Gasteiger partial charge in [-0.15, -0.1) is 22.7 Å². The van der Waals surface area contributed by atoms with Gasteiger partial charge >= 0.3 is 0 Å². The number of anilines is 1. The van der Waals surface area contributed by atoms with E-state index in [9.17, 15) is 4.79 Å². The maximum absolute atomic E-state index is 11.9. The van der Waals surface area contributed by atoms with Gasteiger partial charge in [-0.2, -0.15) is 0 Å². The summed E-state index contributed by atoms with van der Waals surface area (Å²) >= 11 is 2.89. The van der Waals surface area contributed by atoms with Crippen molar-refractivity contribution in [2.75, 3.05) is 5.73 Å². The lowest BCUT2D eigenvalue weighted by Gasteiger charge is -2.13. The highest BCUT2D eigenvalue weighted by Gasteiger charge is 2.15. The molecule has 0 aliphatic rings. The van der Waals surface area contributed by atoms with Crippen LogP contribution in [0.1, 0.15) is 30.1 Å². The summed E-state index contributed by atoms with van der Waals surface area (Å²) in [5.41, 5.74) is 6.24. The highest BCUT2D eigenvalue weighted by Crippen LogP contribution is 2.19. The summed E-state index contributed by atoms with van der Waals surface area (Å²) in [4.78, 5) is 20.2. The number of nitrogen functional groups attached to an aromatic ring is 1. The van der Waals surface area contributed by atoms with E-state index in [1.165, 1.54) is 11.3 Å². The summed E-state index contributed by atoms with van der Waals surface area (Å²) in [6.45, 7) is 2.02. The second kappa shape index (κ2) is 5.92. The zero-order valence-electron chi connectivity index (χ0n) is 9.92. The van der Waals surface area contributed by atoms with Crippen molar-refractivity contribution >= 4 is 33.7 Å². The van der Waals surface area contributed by atoms with Crippen LogP contribution in [0.15, 0.2) is 17.0 Å². The van der Waals surface area contributed by atoms with E-state index in [-0.39, 0.29) is 18.4 Å². The molecule has 96 valence electrons. The van der Waals surface area contributed by atoms with Crippen molar-refractivity contribution in [1.82, 2.24) is 15.3 Å². The van der Waals surface area contributed by atoms with Gasteiger partial charge < -0.3 is 11.1 Å². The number of hydrogen-bond acceptors (Lipinski definition) is 6. The molecule has 0 spiro atoms. The van der Waals surface area contributed by atoms with Crippen LogP contribution in [0.25, 0.3) is 0 Å². The molecule has 0 saturated heterocycles. The Morgan fingerprint density at radius 1 is 1.56 bits per heavy atom. The number of aromatic nitrogens is 2. The van der Waals surface area contributed by atoms with E-state index in [0.29, 0.717) is 10.8 Å². The molecule has 1 amide bonds. The first kappa shape index (κ1) is 13.0. The van der Waals surface area contributed by atoms with Crippen molar-refractivity contribution in [1.29, 1.82) is 0 Å². The first-order chi connectivity index (χ1) is 8.69. The fourth-order valence-electron chi connectivity index (χ4n) is 1.56. The van der Waals surface area contributed by atoms with E-state index in [4.69, 9.17) is 5.73 Å². The zero-order valence-corrected chi connectivity index (χ0v) is 11.6. The molecule has 0 fully saturated rings. The van der Waals surface area contributed by atoms with Crippen molar-refractivity contribution in [3.63, 3.8) is 0 Å². The summed E-state index contributed by atoms with van der Waals surface area (Å²) in [6, 6.07) is -0.0199. The van der Waals surface area contributed by atoms with E-state index in [1.807, 2.05) is 12.3 Å². The van der Waals surface area contributed by atoms with Crippen LogP contribution in [0, 0.1) is 0 Å². The summed E-state index contributed by atoms with van der Waals surface area (Å²) in [6.07, 6.45) is 2.82. The molecular formula is C11H14N4OS2. The Balaban J connectivity index is 1.94. The van der Waals surface area contributed by atoms with Gasteiger partial charge in [-0.25, -0.2) is 9.97 Å². The first-order valence-electron chi connectivity index (χ1n) is 5.57. The van der Waals surface area contributed by atoms with Crippen molar-refractivity contribution in [3.8, 4) is 0 Å². The van der Waals surface area contributed by atoms with E-state index in [2.05, 4.69) is 15.3 Å². The second-order valence-corrected chi connectivity index (χ2v) is 5.57. The fourth-order valence-corrected chi connectivity index (χ4v) is 2.89. The average molecular weight is 282 g/mol. The number of carbonyl (C=O) groups excluding carboxylic acids is 1. The van der Waals surface area contributed by atoms with Gasteiger partial charge in [0.05, 0.1) is 18.2 Å². The van der Waals surface area contributed by atoms with Crippen LogP contribution in [0.2, 0.25) is 0 Å². The topological polar surface area (TPSA) is 80.9 Å². The van der Waals surface area contributed by atoms with Crippen molar-refractivity contribution < 1.29 is 4.79 Å². The summed E-state index contributed by atoms with van der Waals surface area (Å²) in [5, 5.41) is 8.10. The maximum Gasteiger partial charge on any atom is 0.226 e. The lowest BCUT2D eigenvalue weighted by atomic mass is 10.2. The molecule has 5 nitrogen and oxygen atoms in total. The molecule has 2 heterocycles. The number of hydrogen-bond donors (Lipinski definition) is 2. The highest BCUT2D eigenvalue weighted by atomic mass is 32.1. The van der Waals surface area contributed by atoms with Gasteiger partial charge in [0.2, 0.25) is 5.91 Å². The smallest absolute Gasteiger partial charge is 0.226 e. The summed E-state index contributed by atoms with van der Waals surface area (Å²) in [7, 11) is 0. The minimum atomic E-state index is -0.0534. The first-order valence-corrected chi connectivity index (χ1v) is 7.33. The van der Waals surface area contributed by atoms with Gasteiger partial charge in [-0.3, -0.25) is 4.79 Å². The molecule has 0 aliphatic carbocycles. The van der Waals surface area contributed by atoms with Crippen LogP contribution >= 0.6 is 22.7 Å². The summed E-state index contributed by atoms with van der Waals surface area (Å²) < 4.78 is 0. The minimum absolute atomic E-state index is 0.0199. The third kappa shape index (κ3) is 3.27. The van der Waals surface area contributed by atoms with Gasteiger partial charge in [0.1, 0.15) is 5.01 Å². The van der Waals surface area contributed by atoms with Gasteiger partial charge in [0.15, 0.2) is 5.13 Å². The average Bonchev–Trinajstić information content (AvgIpc) is 2.98. The van der Waals surface area contributed by atoms with Crippen LogP contribution in [-0.2, 0) is 11.2 Å². The molecule has 2 aromatic heterocycles. The molecule has 2 rings (SSSR count). The number of nitrogens with two attached hydrogens (primary N) is 1. The monoisotopic (exact) mass is 282 g/mol. The Morgan fingerprint density at radius 2 is 2.39 bits per heavy atom. The highest BCUT2D eigenvalue weighted by molar-refractivity contribution is 7.13. The van der Waals surface area contributed by atoms with Crippen molar-refractivity contribution in [2.45, 2.75) is 25.8 Å². The van der Waals surface area contributed by atoms with Gasteiger partial charge in [0.25, 0.3) is 0 Å². The fraction of sp³-hybridized carbons (Fsp3) is 0.364. The standard InChI is InChI=1S/C11H14N4OS2/c1-2-8(10-13-3-4-17-10)15-9(16)5-7-6-18-11(12)14-7/h3-4,6,8H,2,5H2,1H3,(H2,12,14)(H,15,16). The molecule has 2 aromatic rings. The van der Waals surface area contributed by atoms with Crippen molar-refractivity contribution in [2.24, 2.45) is 0 Å². The predicted octanol–water partition coefficient (Wildman–Crippen LogP) is 1.99. The molecule has 7 heteroatoms.